The minimum atomic E-state index is -0.832. The Hall–Kier alpha value is -3.01. The van der Waals surface area contributed by atoms with Crippen LogP contribution in [-0.4, -0.2) is 25.8 Å². The van der Waals surface area contributed by atoms with Gasteiger partial charge in [0.1, 0.15) is 11.4 Å². The molecule has 2 aliphatic heterocycles. The number of aliphatic imine (C=N–C) groups is 1. The molecule has 4 heteroatoms. The summed E-state index contributed by atoms with van der Waals surface area (Å²) in [6, 6.07) is 20.7. The Morgan fingerprint density at radius 1 is 0.963 bits per heavy atom. The van der Waals surface area contributed by atoms with E-state index >= 15 is 0 Å². The van der Waals surface area contributed by atoms with E-state index in [0.717, 1.165) is 27.9 Å². The fraction of sp³-hybridized carbons (Fsp3) is 0.261. The second kappa shape index (κ2) is 5.26. The van der Waals surface area contributed by atoms with Crippen molar-refractivity contribution in [3.8, 4) is 5.75 Å². The van der Waals surface area contributed by atoms with Gasteiger partial charge >= 0.3 is 0 Å². The normalized spacial score (nSPS) is 22.2. The maximum atomic E-state index is 6.77. The number of ether oxygens (including phenoxy) is 2. The number of likely N-dealkylation sites (N-methyl/N-ethyl adjacent to an activating group) is 1. The number of anilines is 1. The Morgan fingerprint density at radius 3 is 2.48 bits per heavy atom. The predicted molar refractivity (Wildman–Crippen MR) is 109 cm³/mol. The molecule has 0 amide bonds. The molecule has 1 spiro atoms. The summed E-state index contributed by atoms with van der Waals surface area (Å²) >= 11 is 0. The fourth-order valence-electron chi connectivity index (χ4n) is 4.67. The molecule has 136 valence electrons. The van der Waals surface area contributed by atoms with Crippen molar-refractivity contribution >= 4 is 28.0 Å². The lowest BCUT2D eigenvalue weighted by atomic mass is 9.76. The zero-order valence-electron chi connectivity index (χ0n) is 16.0. The molecule has 0 aromatic heterocycles. The Kier molecular flexibility index (Phi) is 3.15. The van der Waals surface area contributed by atoms with Crippen LogP contribution in [0.15, 0.2) is 65.7 Å². The van der Waals surface area contributed by atoms with Crippen LogP contribution < -0.4 is 9.64 Å². The summed E-state index contributed by atoms with van der Waals surface area (Å²) in [6.45, 7) is 4.38. The number of hydrogen-bond acceptors (Lipinski definition) is 4. The summed E-state index contributed by atoms with van der Waals surface area (Å²) in [5, 5.41) is 2.20. The number of para-hydroxylation sites is 1. The molecule has 5 rings (SSSR count). The van der Waals surface area contributed by atoms with E-state index in [-0.39, 0.29) is 5.41 Å². The molecular formula is C23H22N2O2. The first-order chi connectivity index (χ1) is 13.0. The van der Waals surface area contributed by atoms with Gasteiger partial charge in [-0.2, -0.15) is 0 Å². The van der Waals surface area contributed by atoms with Crippen LogP contribution in [0.1, 0.15) is 19.4 Å². The summed E-state index contributed by atoms with van der Waals surface area (Å²) in [6.07, 6.45) is 0. The molecule has 0 bridgehead atoms. The summed E-state index contributed by atoms with van der Waals surface area (Å²) in [4.78, 5) is 7.14. The highest BCUT2D eigenvalue weighted by atomic mass is 16.6. The molecule has 0 saturated carbocycles. The standard InChI is InChI=1S/C23H22N2O2/c1-22(2)17-11-7-8-12-18(17)25(3)23(22)21(26-4)24-20-16-10-6-5-9-15(16)13-14-19(20)27-23/h5-14H,1-4H3/t23-/m1/s1. The molecule has 0 N–H and O–H groups in total. The van der Waals surface area contributed by atoms with Crippen LogP contribution in [0.3, 0.4) is 0 Å². The molecule has 3 aromatic carbocycles. The monoisotopic (exact) mass is 358 g/mol. The molecule has 27 heavy (non-hydrogen) atoms. The van der Waals surface area contributed by atoms with E-state index in [0.29, 0.717) is 5.90 Å². The summed E-state index contributed by atoms with van der Waals surface area (Å²) in [5.74, 6) is 1.36. The van der Waals surface area contributed by atoms with E-state index in [2.05, 4.69) is 61.2 Å². The molecule has 2 heterocycles. The van der Waals surface area contributed by atoms with Crippen molar-refractivity contribution in [2.75, 3.05) is 19.1 Å². The fourth-order valence-corrected chi connectivity index (χ4v) is 4.67. The Morgan fingerprint density at radius 2 is 1.70 bits per heavy atom. The van der Waals surface area contributed by atoms with Gasteiger partial charge < -0.3 is 14.4 Å². The van der Waals surface area contributed by atoms with Crippen molar-refractivity contribution in [1.29, 1.82) is 0 Å². The van der Waals surface area contributed by atoms with Crippen molar-refractivity contribution in [3.05, 3.63) is 66.2 Å². The topological polar surface area (TPSA) is 34.1 Å². The minimum absolute atomic E-state index is 0.351. The molecule has 0 fully saturated rings. The molecule has 2 aliphatic rings. The largest absolute Gasteiger partial charge is 0.480 e. The van der Waals surface area contributed by atoms with Gasteiger partial charge in [0, 0.05) is 18.1 Å². The van der Waals surface area contributed by atoms with Crippen LogP contribution in [0, 0.1) is 0 Å². The lowest BCUT2D eigenvalue weighted by molar-refractivity contribution is 0.0541. The number of hydrogen-bond donors (Lipinski definition) is 0. The summed E-state index contributed by atoms with van der Waals surface area (Å²) < 4.78 is 12.6. The van der Waals surface area contributed by atoms with Gasteiger partial charge in [0.25, 0.3) is 11.6 Å². The van der Waals surface area contributed by atoms with Crippen LogP contribution >= 0.6 is 0 Å². The highest BCUT2D eigenvalue weighted by Gasteiger charge is 2.64. The van der Waals surface area contributed by atoms with Gasteiger partial charge in [-0.05, 0) is 36.9 Å². The molecule has 0 saturated heterocycles. The highest BCUT2D eigenvalue weighted by Crippen LogP contribution is 2.55. The molecule has 0 aliphatic carbocycles. The van der Waals surface area contributed by atoms with E-state index in [1.165, 1.54) is 5.56 Å². The molecule has 0 unspecified atom stereocenters. The van der Waals surface area contributed by atoms with Gasteiger partial charge in [0.15, 0.2) is 0 Å². The lowest BCUT2D eigenvalue weighted by Crippen LogP contribution is -2.65. The summed E-state index contributed by atoms with van der Waals surface area (Å²) in [5.41, 5.74) is 2.01. The van der Waals surface area contributed by atoms with E-state index in [9.17, 15) is 0 Å². The van der Waals surface area contributed by atoms with Crippen molar-refractivity contribution < 1.29 is 9.47 Å². The molecule has 3 aromatic rings. The lowest BCUT2D eigenvalue weighted by Gasteiger charge is -2.46. The number of fused-ring (bicyclic) bond motifs is 4. The number of rotatable bonds is 0. The first-order valence-electron chi connectivity index (χ1n) is 9.18. The van der Waals surface area contributed by atoms with Crippen molar-refractivity contribution in [3.63, 3.8) is 0 Å². The predicted octanol–water partition coefficient (Wildman–Crippen LogP) is 5.03. The Bertz CT molecular complexity index is 1100. The first-order valence-corrected chi connectivity index (χ1v) is 9.18. The zero-order valence-corrected chi connectivity index (χ0v) is 16.0. The maximum absolute atomic E-state index is 6.77. The van der Waals surface area contributed by atoms with Crippen LogP contribution in [0.4, 0.5) is 11.4 Å². The third-order valence-electron chi connectivity index (χ3n) is 6.08. The third kappa shape index (κ3) is 1.85. The van der Waals surface area contributed by atoms with Crippen molar-refractivity contribution in [2.45, 2.75) is 25.0 Å². The average Bonchev–Trinajstić information content (AvgIpc) is 2.86. The van der Waals surface area contributed by atoms with E-state index < -0.39 is 5.72 Å². The summed E-state index contributed by atoms with van der Waals surface area (Å²) in [7, 11) is 3.72. The van der Waals surface area contributed by atoms with Crippen molar-refractivity contribution in [1.82, 2.24) is 0 Å². The second-order valence-corrected chi connectivity index (χ2v) is 7.70. The zero-order chi connectivity index (χ0) is 18.8. The maximum Gasteiger partial charge on any atom is 0.268 e. The quantitative estimate of drug-likeness (QED) is 0.565. The van der Waals surface area contributed by atoms with Gasteiger partial charge in [-0.1, -0.05) is 48.5 Å². The minimum Gasteiger partial charge on any atom is -0.480 e. The van der Waals surface area contributed by atoms with Gasteiger partial charge in [-0.3, -0.25) is 0 Å². The smallest absolute Gasteiger partial charge is 0.268 e. The van der Waals surface area contributed by atoms with Crippen LogP contribution in [-0.2, 0) is 10.2 Å². The average molecular weight is 358 g/mol. The van der Waals surface area contributed by atoms with Gasteiger partial charge in [-0.25, -0.2) is 4.99 Å². The third-order valence-corrected chi connectivity index (χ3v) is 6.08. The molecule has 4 nitrogen and oxygen atoms in total. The second-order valence-electron chi connectivity index (χ2n) is 7.70. The molecule has 0 radical (unpaired) electrons. The van der Waals surface area contributed by atoms with Crippen LogP contribution in [0.5, 0.6) is 5.75 Å². The first kappa shape index (κ1) is 16.2. The Labute approximate surface area is 159 Å². The van der Waals surface area contributed by atoms with E-state index in [4.69, 9.17) is 14.5 Å². The van der Waals surface area contributed by atoms with Gasteiger partial charge in [0.05, 0.1) is 12.5 Å². The number of benzene rings is 3. The van der Waals surface area contributed by atoms with Gasteiger partial charge in [-0.15, -0.1) is 0 Å². The number of methoxy groups -OCH3 is 1. The Balaban J connectivity index is 1.79. The van der Waals surface area contributed by atoms with E-state index in [1.807, 2.05) is 25.2 Å². The van der Waals surface area contributed by atoms with Crippen LogP contribution in [0.25, 0.3) is 10.8 Å². The van der Waals surface area contributed by atoms with Gasteiger partial charge in [0.2, 0.25) is 0 Å². The number of nitrogens with zero attached hydrogens (tertiary/aromatic N) is 2. The molecule has 1 atom stereocenters. The molecular weight excluding hydrogens is 336 g/mol. The van der Waals surface area contributed by atoms with Crippen LogP contribution in [0.2, 0.25) is 0 Å². The SMILES string of the molecule is COC1=Nc2c(ccc3ccccc23)O[C@]12N(C)c1ccccc1C2(C)C. The highest BCUT2D eigenvalue weighted by molar-refractivity contribution is 6.03. The van der Waals surface area contributed by atoms with Crippen molar-refractivity contribution in [2.24, 2.45) is 4.99 Å². The van der Waals surface area contributed by atoms with E-state index in [1.54, 1.807) is 7.11 Å².